The van der Waals surface area contributed by atoms with Gasteiger partial charge >= 0.3 is 6.47 Å². The Labute approximate surface area is 188 Å². The van der Waals surface area contributed by atoms with Crippen LogP contribution in [0.3, 0.4) is 0 Å². The lowest BCUT2D eigenvalue weighted by atomic mass is 9.92. The molecule has 0 amide bonds. The number of hydrogen-bond acceptors (Lipinski definition) is 5. The molecule has 0 aliphatic heterocycles. The molecule has 0 aliphatic rings. The molecule has 3 rings (SSSR count). The summed E-state index contributed by atoms with van der Waals surface area (Å²) in [5.41, 5.74) is 5.67. The topological polar surface area (TPSA) is 65.0 Å². The van der Waals surface area contributed by atoms with Crippen LogP contribution in [0.2, 0.25) is 0 Å². The van der Waals surface area contributed by atoms with E-state index in [-0.39, 0.29) is 6.47 Å². The standard InChI is InChI=1S/C27H28O5/c1-2-3-4-5-6-7-8-24-19-23(21-9-16-26(17-10-21)32-30-20-28)13-18-27(24)22-11-14-25(31-29)15-12-22/h2,9-20,29H,1,3-8H2. The minimum absolute atomic E-state index is 0.246. The average molecular weight is 433 g/mol. The van der Waals surface area contributed by atoms with Crippen LogP contribution in [-0.2, 0) is 16.1 Å². The summed E-state index contributed by atoms with van der Waals surface area (Å²) in [6, 6.07) is 21.3. The first-order chi connectivity index (χ1) is 15.7. The van der Waals surface area contributed by atoms with Crippen molar-refractivity contribution in [2.45, 2.75) is 38.5 Å². The van der Waals surface area contributed by atoms with E-state index in [1.807, 2.05) is 30.3 Å². The van der Waals surface area contributed by atoms with E-state index in [9.17, 15) is 4.79 Å². The van der Waals surface area contributed by atoms with E-state index in [4.69, 9.17) is 10.1 Å². The lowest BCUT2D eigenvalue weighted by molar-refractivity contribution is -0.196. The molecule has 0 heterocycles. The van der Waals surface area contributed by atoms with Crippen LogP contribution in [0.5, 0.6) is 11.5 Å². The molecule has 1 N–H and O–H groups in total. The van der Waals surface area contributed by atoms with Crippen molar-refractivity contribution >= 4 is 6.47 Å². The normalized spacial score (nSPS) is 10.4. The van der Waals surface area contributed by atoms with Gasteiger partial charge in [0.15, 0.2) is 11.5 Å². The van der Waals surface area contributed by atoms with E-state index in [2.05, 4.69) is 34.6 Å². The van der Waals surface area contributed by atoms with E-state index in [0.29, 0.717) is 11.5 Å². The summed E-state index contributed by atoms with van der Waals surface area (Å²) in [5.74, 6) is 0.874. The van der Waals surface area contributed by atoms with E-state index < -0.39 is 0 Å². The number of benzene rings is 3. The molecule has 166 valence electrons. The molecule has 3 aromatic carbocycles. The highest BCUT2D eigenvalue weighted by atomic mass is 17.2. The van der Waals surface area contributed by atoms with Crippen molar-refractivity contribution < 1.29 is 24.7 Å². The first-order valence-corrected chi connectivity index (χ1v) is 10.8. The van der Waals surface area contributed by atoms with Crippen LogP contribution in [0.15, 0.2) is 79.4 Å². The number of aryl methyl sites for hydroxylation is 1. The smallest absolute Gasteiger partial charge is 0.340 e. The van der Waals surface area contributed by atoms with Gasteiger partial charge in [-0.15, -0.1) is 6.58 Å². The van der Waals surface area contributed by atoms with E-state index in [1.165, 1.54) is 30.4 Å². The Hall–Kier alpha value is -3.57. The van der Waals surface area contributed by atoms with E-state index in [1.54, 1.807) is 24.3 Å². The van der Waals surface area contributed by atoms with Gasteiger partial charge in [-0.1, -0.05) is 61.4 Å². The first-order valence-electron chi connectivity index (χ1n) is 10.8. The van der Waals surface area contributed by atoms with Crippen molar-refractivity contribution in [1.29, 1.82) is 0 Å². The van der Waals surface area contributed by atoms with Crippen LogP contribution in [0, 0.1) is 0 Å². The molecule has 32 heavy (non-hydrogen) atoms. The van der Waals surface area contributed by atoms with Gasteiger partial charge in [0.25, 0.3) is 0 Å². The van der Waals surface area contributed by atoms with Crippen LogP contribution >= 0.6 is 0 Å². The number of hydrogen-bond donors (Lipinski definition) is 1. The summed E-state index contributed by atoms with van der Waals surface area (Å²) in [5, 5.41) is 8.85. The van der Waals surface area contributed by atoms with Gasteiger partial charge in [0, 0.05) is 0 Å². The zero-order valence-corrected chi connectivity index (χ0v) is 18.0. The van der Waals surface area contributed by atoms with Gasteiger partial charge in [-0.05, 0) is 77.8 Å². The molecule has 0 atom stereocenters. The van der Waals surface area contributed by atoms with Gasteiger partial charge in [0.1, 0.15) is 0 Å². The average Bonchev–Trinajstić information content (AvgIpc) is 2.85. The third kappa shape index (κ3) is 6.46. The first kappa shape index (κ1) is 23.1. The summed E-state index contributed by atoms with van der Waals surface area (Å²) >= 11 is 0. The van der Waals surface area contributed by atoms with Crippen molar-refractivity contribution in [3.8, 4) is 33.8 Å². The van der Waals surface area contributed by atoms with Gasteiger partial charge in [0.05, 0.1) is 0 Å². The molecule has 5 nitrogen and oxygen atoms in total. The fraction of sp³-hybridized carbons (Fsp3) is 0.222. The molecule has 3 aromatic rings. The van der Waals surface area contributed by atoms with Crippen molar-refractivity contribution in [2.75, 3.05) is 0 Å². The Morgan fingerprint density at radius 3 is 2.12 bits per heavy atom. The molecule has 0 aromatic heterocycles. The highest BCUT2D eigenvalue weighted by Crippen LogP contribution is 2.32. The molecule has 0 saturated heterocycles. The lowest BCUT2D eigenvalue weighted by Gasteiger charge is -2.13. The molecule has 0 bridgehead atoms. The van der Waals surface area contributed by atoms with Gasteiger partial charge in [-0.25, -0.2) is 5.26 Å². The molecule has 0 unspecified atom stereocenters. The fourth-order valence-electron chi connectivity index (χ4n) is 3.69. The monoisotopic (exact) mass is 432 g/mol. The Balaban J connectivity index is 1.82. The Morgan fingerprint density at radius 1 is 0.781 bits per heavy atom. The minimum Gasteiger partial charge on any atom is -0.340 e. The maximum absolute atomic E-state index is 10.3. The fourth-order valence-corrected chi connectivity index (χ4v) is 3.69. The van der Waals surface area contributed by atoms with Crippen molar-refractivity contribution in [2.24, 2.45) is 0 Å². The van der Waals surface area contributed by atoms with Crippen LogP contribution in [-0.4, -0.2) is 11.7 Å². The quantitative estimate of drug-likeness (QED) is 0.103. The molecule has 5 heteroatoms. The molecular formula is C27H28O5. The molecule has 0 fully saturated rings. The molecular weight excluding hydrogens is 404 g/mol. The molecule has 0 aliphatic carbocycles. The maximum atomic E-state index is 10.3. The van der Waals surface area contributed by atoms with Gasteiger partial charge in [-0.2, -0.15) is 0 Å². The number of unbranched alkanes of at least 4 members (excludes halogenated alkanes) is 4. The van der Waals surface area contributed by atoms with E-state index >= 15 is 0 Å². The highest BCUT2D eigenvalue weighted by molar-refractivity contribution is 5.74. The number of rotatable bonds is 13. The zero-order chi connectivity index (χ0) is 22.6. The molecule has 0 spiro atoms. The van der Waals surface area contributed by atoms with Crippen LogP contribution in [0.25, 0.3) is 22.3 Å². The maximum Gasteiger partial charge on any atom is 0.343 e. The second-order valence-corrected chi connectivity index (χ2v) is 7.53. The van der Waals surface area contributed by atoms with Crippen molar-refractivity contribution in [1.82, 2.24) is 0 Å². The summed E-state index contributed by atoms with van der Waals surface area (Å²) in [6.07, 6.45) is 8.69. The van der Waals surface area contributed by atoms with E-state index in [0.717, 1.165) is 36.0 Å². The van der Waals surface area contributed by atoms with Crippen molar-refractivity contribution in [3.05, 3.63) is 84.9 Å². The Morgan fingerprint density at radius 2 is 1.44 bits per heavy atom. The SMILES string of the molecule is C=CCCCCCCc1cc(-c2ccc(OOC=O)cc2)ccc1-c1ccc(OO)cc1. The molecule has 0 radical (unpaired) electrons. The van der Waals surface area contributed by atoms with Crippen LogP contribution in [0.1, 0.15) is 37.7 Å². The van der Waals surface area contributed by atoms with Crippen molar-refractivity contribution in [3.63, 3.8) is 0 Å². The lowest BCUT2D eigenvalue weighted by Crippen LogP contribution is -1.94. The highest BCUT2D eigenvalue weighted by Gasteiger charge is 2.09. The summed E-state index contributed by atoms with van der Waals surface area (Å²) in [4.78, 5) is 23.8. The zero-order valence-electron chi connectivity index (χ0n) is 18.0. The minimum atomic E-state index is 0.246. The van der Waals surface area contributed by atoms with Crippen LogP contribution in [0.4, 0.5) is 0 Å². The second-order valence-electron chi connectivity index (χ2n) is 7.53. The summed E-state index contributed by atoms with van der Waals surface area (Å²) < 4.78 is 0. The van der Waals surface area contributed by atoms with Gasteiger partial charge in [-0.3, -0.25) is 14.6 Å². The third-order valence-electron chi connectivity index (χ3n) is 5.35. The third-order valence-corrected chi connectivity index (χ3v) is 5.35. The predicted octanol–water partition coefficient (Wildman–Crippen LogP) is 7.02. The predicted molar refractivity (Wildman–Crippen MR) is 125 cm³/mol. The van der Waals surface area contributed by atoms with Gasteiger partial charge in [0.2, 0.25) is 0 Å². The van der Waals surface area contributed by atoms with Crippen LogP contribution < -0.4 is 9.78 Å². The second kappa shape index (κ2) is 12.3. The number of allylic oxidation sites excluding steroid dienone is 1. The summed E-state index contributed by atoms with van der Waals surface area (Å²) in [7, 11) is 0. The van der Waals surface area contributed by atoms with Gasteiger partial charge < -0.3 is 4.89 Å². The largest absolute Gasteiger partial charge is 0.343 e. The summed E-state index contributed by atoms with van der Waals surface area (Å²) in [6.45, 7) is 4.03. The number of carbonyl (C=O) groups is 1. The number of carbonyl (C=O) groups excluding carboxylic acids is 1. The molecule has 0 saturated carbocycles. The Kier molecular flexibility index (Phi) is 8.90. The Bertz CT molecular complexity index is 994.